The van der Waals surface area contributed by atoms with Crippen molar-refractivity contribution in [2.24, 2.45) is 11.7 Å². The molecule has 0 amide bonds. The normalized spacial score (nSPS) is 28.8. The smallest absolute Gasteiger partial charge is 0.0951 e. The number of hydrogen-bond donors (Lipinski definition) is 1. The van der Waals surface area contributed by atoms with Gasteiger partial charge in [0.05, 0.1) is 18.1 Å². The Bertz CT molecular complexity index is 435. The van der Waals surface area contributed by atoms with Crippen LogP contribution >= 0.6 is 0 Å². The van der Waals surface area contributed by atoms with Crippen LogP contribution in [0.3, 0.4) is 0 Å². The molecule has 0 aromatic carbocycles. The van der Waals surface area contributed by atoms with Gasteiger partial charge >= 0.3 is 0 Å². The molecule has 1 aromatic rings. The van der Waals surface area contributed by atoms with Crippen LogP contribution in [0.1, 0.15) is 63.7 Å². The van der Waals surface area contributed by atoms with Gasteiger partial charge in [0.25, 0.3) is 0 Å². The molecule has 2 aliphatic rings. The summed E-state index contributed by atoms with van der Waals surface area (Å²) >= 11 is 0. The number of likely N-dealkylation sites (tertiary alicyclic amines) is 1. The van der Waals surface area contributed by atoms with Gasteiger partial charge in [0.2, 0.25) is 0 Å². The minimum Gasteiger partial charge on any atom is -0.330 e. The van der Waals surface area contributed by atoms with Crippen LogP contribution in [-0.4, -0.2) is 33.6 Å². The maximum atomic E-state index is 6.54. The summed E-state index contributed by atoms with van der Waals surface area (Å²) in [6.45, 7) is 6.90. The molecule has 1 saturated carbocycles. The highest BCUT2D eigenvalue weighted by Crippen LogP contribution is 2.39. The van der Waals surface area contributed by atoms with Crippen molar-refractivity contribution in [2.75, 3.05) is 13.1 Å². The Kier molecular flexibility index (Phi) is 4.13. The van der Waals surface area contributed by atoms with Gasteiger partial charge in [-0.05, 0) is 38.1 Å². The summed E-state index contributed by atoms with van der Waals surface area (Å²) in [7, 11) is 0. The molecule has 1 saturated heterocycles. The van der Waals surface area contributed by atoms with Gasteiger partial charge in [0, 0.05) is 24.8 Å². The Balaban J connectivity index is 1.89. The van der Waals surface area contributed by atoms with E-state index in [4.69, 9.17) is 5.73 Å². The van der Waals surface area contributed by atoms with Crippen molar-refractivity contribution in [1.82, 2.24) is 14.5 Å². The van der Waals surface area contributed by atoms with Crippen LogP contribution in [0.2, 0.25) is 0 Å². The standard InChI is InChI=1S/C16H28N4/c1-12(2)10-19-8-4-3-5-14(17)16(19)15-9-18-11-20(15)13-6-7-13/h9,11-14,16H,3-8,10,17H2,1-2H3. The first kappa shape index (κ1) is 14.1. The highest BCUT2D eigenvalue weighted by Gasteiger charge is 2.34. The largest absolute Gasteiger partial charge is 0.330 e. The number of rotatable bonds is 4. The Labute approximate surface area is 122 Å². The van der Waals surface area contributed by atoms with Crippen molar-refractivity contribution in [2.45, 2.75) is 64.1 Å². The average Bonchev–Trinajstić information content (AvgIpc) is 3.16. The second kappa shape index (κ2) is 5.86. The van der Waals surface area contributed by atoms with Crippen LogP contribution in [0, 0.1) is 5.92 Å². The second-order valence-corrected chi connectivity index (χ2v) is 6.95. The first-order chi connectivity index (χ1) is 9.66. The first-order valence-electron chi connectivity index (χ1n) is 8.18. The van der Waals surface area contributed by atoms with Crippen LogP contribution in [0.25, 0.3) is 0 Å². The van der Waals surface area contributed by atoms with Crippen molar-refractivity contribution >= 4 is 0 Å². The second-order valence-electron chi connectivity index (χ2n) is 6.95. The Morgan fingerprint density at radius 3 is 2.80 bits per heavy atom. The van der Waals surface area contributed by atoms with E-state index in [-0.39, 0.29) is 6.04 Å². The van der Waals surface area contributed by atoms with Crippen LogP contribution in [0.15, 0.2) is 12.5 Å². The molecule has 2 atom stereocenters. The van der Waals surface area contributed by atoms with E-state index in [2.05, 4.69) is 34.5 Å². The molecule has 1 aliphatic heterocycles. The third kappa shape index (κ3) is 2.91. The maximum absolute atomic E-state index is 6.54. The fourth-order valence-corrected chi connectivity index (χ4v) is 3.54. The van der Waals surface area contributed by atoms with Gasteiger partial charge in [-0.25, -0.2) is 4.98 Å². The summed E-state index contributed by atoms with van der Waals surface area (Å²) in [6.07, 6.45) is 10.3. The lowest BCUT2D eigenvalue weighted by Gasteiger charge is -2.35. The molecule has 2 unspecified atom stereocenters. The minimum atomic E-state index is 0.241. The van der Waals surface area contributed by atoms with E-state index in [1.54, 1.807) is 0 Å². The molecule has 2 N–H and O–H groups in total. The van der Waals surface area contributed by atoms with Gasteiger partial charge in [0.1, 0.15) is 0 Å². The average molecular weight is 276 g/mol. The maximum Gasteiger partial charge on any atom is 0.0951 e. The zero-order valence-corrected chi connectivity index (χ0v) is 12.8. The predicted octanol–water partition coefficient (Wildman–Crippen LogP) is 2.73. The van der Waals surface area contributed by atoms with Gasteiger partial charge in [-0.2, -0.15) is 0 Å². The molecular weight excluding hydrogens is 248 g/mol. The molecule has 20 heavy (non-hydrogen) atoms. The van der Waals surface area contributed by atoms with Crippen LogP contribution in [0.5, 0.6) is 0 Å². The fraction of sp³-hybridized carbons (Fsp3) is 0.812. The summed E-state index contributed by atoms with van der Waals surface area (Å²) in [5.41, 5.74) is 7.89. The lowest BCUT2D eigenvalue weighted by atomic mass is 10.00. The summed E-state index contributed by atoms with van der Waals surface area (Å²) in [6, 6.07) is 1.28. The molecule has 2 fully saturated rings. The molecule has 0 radical (unpaired) electrons. The Hall–Kier alpha value is -0.870. The molecule has 4 nitrogen and oxygen atoms in total. The molecule has 1 aliphatic carbocycles. The van der Waals surface area contributed by atoms with Crippen molar-refractivity contribution in [3.63, 3.8) is 0 Å². The van der Waals surface area contributed by atoms with Crippen LogP contribution in [0.4, 0.5) is 0 Å². The minimum absolute atomic E-state index is 0.241. The molecular formula is C16H28N4. The molecule has 3 rings (SSSR count). The first-order valence-corrected chi connectivity index (χ1v) is 8.18. The lowest BCUT2D eigenvalue weighted by Crippen LogP contribution is -2.42. The van der Waals surface area contributed by atoms with Gasteiger partial charge in [0.15, 0.2) is 0 Å². The molecule has 1 aromatic heterocycles. The molecule has 0 spiro atoms. The zero-order valence-electron chi connectivity index (χ0n) is 12.8. The third-order valence-corrected chi connectivity index (χ3v) is 4.57. The monoisotopic (exact) mass is 276 g/mol. The van der Waals surface area contributed by atoms with Crippen LogP contribution in [-0.2, 0) is 0 Å². The third-order valence-electron chi connectivity index (χ3n) is 4.57. The van der Waals surface area contributed by atoms with E-state index in [1.165, 1.54) is 37.9 Å². The van der Waals surface area contributed by atoms with Crippen molar-refractivity contribution in [3.05, 3.63) is 18.2 Å². The molecule has 0 bridgehead atoms. The highest BCUT2D eigenvalue weighted by atomic mass is 15.2. The zero-order chi connectivity index (χ0) is 14.1. The van der Waals surface area contributed by atoms with E-state index in [0.29, 0.717) is 18.0 Å². The van der Waals surface area contributed by atoms with E-state index in [0.717, 1.165) is 13.0 Å². The highest BCUT2D eigenvalue weighted by molar-refractivity contribution is 5.13. The van der Waals surface area contributed by atoms with Crippen molar-refractivity contribution in [3.8, 4) is 0 Å². The number of hydrogen-bond acceptors (Lipinski definition) is 3. The number of nitrogens with zero attached hydrogens (tertiary/aromatic N) is 3. The number of nitrogens with two attached hydrogens (primary N) is 1. The quantitative estimate of drug-likeness (QED) is 0.920. The number of imidazole rings is 1. The van der Waals surface area contributed by atoms with Gasteiger partial charge in [-0.3, -0.25) is 4.90 Å². The van der Waals surface area contributed by atoms with Crippen LogP contribution < -0.4 is 5.73 Å². The Morgan fingerprint density at radius 1 is 1.30 bits per heavy atom. The predicted molar refractivity (Wildman–Crippen MR) is 81.5 cm³/mol. The summed E-state index contributed by atoms with van der Waals surface area (Å²) in [5, 5.41) is 0. The summed E-state index contributed by atoms with van der Waals surface area (Å²) in [4.78, 5) is 7.03. The van der Waals surface area contributed by atoms with E-state index in [9.17, 15) is 0 Å². The van der Waals surface area contributed by atoms with E-state index < -0.39 is 0 Å². The molecule has 112 valence electrons. The molecule has 2 heterocycles. The fourth-order valence-electron chi connectivity index (χ4n) is 3.54. The van der Waals surface area contributed by atoms with Gasteiger partial charge < -0.3 is 10.3 Å². The number of aromatic nitrogens is 2. The van der Waals surface area contributed by atoms with E-state index >= 15 is 0 Å². The van der Waals surface area contributed by atoms with Crippen molar-refractivity contribution < 1.29 is 0 Å². The molecule has 4 heteroatoms. The summed E-state index contributed by atoms with van der Waals surface area (Å²) < 4.78 is 2.39. The topological polar surface area (TPSA) is 47.1 Å². The van der Waals surface area contributed by atoms with Gasteiger partial charge in [-0.15, -0.1) is 0 Å². The summed E-state index contributed by atoms with van der Waals surface area (Å²) in [5.74, 6) is 0.681. The Morgan fingerprint density at radius 2 is 2.10 bits per heavy atom. The lowest BCUT2D eigenvalue weighted by molar-refractivity contribution is 0.159. The van der Waals surface area contributed by atoms with E-state index in [1.807, 2.05) is 6.33 Å². The van der Waals surface area contributed by atoms with Gasteiger partial charge in [-0.1, -0.05) is 20.3 Å². The van der Waals surface area contributed by atoms with Crippen molar-refractivity contribution in [1.29, 1.82) is 0 Å². The SMILES string of the molecule is CC(C)CN1CCCCC(N)C1c1cncn1C1CC1.